The SMILES string of the molecule is CCN(C)C(=O)CCCCCCCCC(=O)N(C)CC. The molecule has 0 spiro atoms. The third-order valence-corrected chi connectivity index (χ3v) is 3.83. The van der Waals surface area contributed by atoms with Gasteiger partial charge in [0.05, 0.1) is 0 Å². The standard InChI is InChI=1S/C16H32N2O2/c1-5-17(3)15(19)13-11-9-7-8-10-12-14-16(20)18(4)6-2/h5-14H2,1-4H3. The average molecular weight is 284 g/mol. The zero-order chi connectivity index (χ0) is 15.4. The maximum absolute atomic E-state index is 11.6. The predicted molar refractivity (Wildman–Crippen MR) is 83.6 cm³/mol. The zero-order valence-corrected chi connectivity index (χ0v) is 13.8. The van der Waals surface area contributed by atoms with E-state index in [1.807, 2.05) is 27.9 Å². The highest BCUT2D eigenvalue weighted by Gasteiger charge is 2.06. The van der Waals surface area contributed by atoms with Crippen LogP contribution < -0.4 is 0 Å². The highest BCUT2D eigenvalue weighted by Crippen LogP contribution is 2.10. The van der Waals surface area contributed by atoms with Crippen LogP contribution >= 0.6 is 0 Å². The van der Waals surface area contributed by atoms with Crippen molar-refractivity contribution in [3.8, 4) is 0 Å². The lowest BCUT2D eigenvalue weighted by Crippen LogP contribution is -2.25. The molecule has 0 radical (unpaired) electrons. The van der Waals surface area contributed by atoms with Crippen LogP contribution in [0.1, 0.15) is 65.2 Å². The van der Waals surface area contributed by atoms with Crippen LogP contribution in [0, 0.1) is 0 Å². The van der Waals surface area contributed by atoms with Gasteiger partial charge in [-0.15, -0.1) is 0 Å². The summed E-state index contributed by atoms with van der Waals surface area (Å²) in [5.41, 5.74) is 0. The van der Waals surface area contributed by atoms with Gasteiger partial charge in [-0.1, -0.05) is 25.7 Å². The average Bonchev–Trinajstić information content (AvgIpc) is 2.47. The second-order valence-electron chi connectivity index (χ2n) is 5.44. The zero-order valence-electron chi connectivity index (χ0n) is 13.8. The quantitative estimate of drug-likeness (QED) is 0.547. The van der Waals surface area contributed by atoms with Gasteiger partial charge in [-0.25, -0.2) is 0 Å². The van der Waals surface area contributed by atoms with Crippen LogP contribution in [0.5, 0.6) is 0 Å². The monoisotopic (exact) mass is 284 g/mol. The summed E-state index contributed by atoms with van der Waals surface area (Å²) >= 11 is 0. The van der Waals surface area contributed by atoms with E-state index in [9.17, 15) is 9.59 Å². The molecule has 0 unspecified atom stereocenters. The third-order valence-electron chi connectivity index (χ3n) is 3.83. The molecule has 0 aromatic rings. The Kier molecular flexibility index (Phi) is 11.1. The molecule has 0 N–H and O–H groups in total. The van der Waals surface area contributed by atoms with E-state index < -0.39 is 0 Å². The lowest BCUT2D eigenvalue weighted by atomic mass is 10.1. The summed E-state index contributed by atoms with van der Waals surface area (Å²) in [6.07, 6.45) is 7.88. The van der Waals surface area contributed by atoms with E-state index >= 15 is 0 Å². The summed E-state index contributed by atoms with van der Waals surface area (Å²) in [5, 5.41) is 0. The number of carbonyl (C=O) groups is 2. The van der Waals surface area contributed by atoms with E-state index in [1.165, 1.54) is 12.8 Å². The lowest BCUT2D eigenvalue weighted by molar-refractivity contribution is -0.130. The number of carbonyl (C=O) groups excluding carboxylic acids is 2. The van der Waals surface area contributed by atoms with Gasteiger partial charge in [-0.3, -0.25) is 9.59 Å². The fourth-order valence-electron chi connectivity index (χ4n) is 1.99. The van der Waals surface area contributed by atoms with Gasteiger partial charge in [-0.2, -0.15) is 0 Å². The first-order valence-corrected chi connectivity index (χ1v) is 8.00. The van der Waals surface area contributed by atoms with Gasteiger partial charge >= 0.3 is 0 Å². The van der Waals surface area contributed by atoms with Gasteiger partial charge in [0.1, 0.15) is 0 Å². The first kappa shape index (κ1) is 18.9. The summed E-state index contributed by atoms with van der Waals surface area (Å²) < 4.78 is 0. The molecule has 0 atom stereocenters. The third kappa shape index (κ3) is 8.94. The molecule has 4 heteroatoms. The molecule has 0 saturated heterocycles. The maximum atomic E-state index is 11.6. The second-order valence-corrected chi connectivity index (χ2v) is 5.44. The Morgan fingerprint density at radius 2 is 0.950 bits per heavy atom. The molecular weight excluding hydrogens is 252 g/mol. The fourth-order valence-corrected chi connectivity index (χ4v) is 1.99. The molecule has 2 amide bonds. The van der Waals surface area contributed by atoms with Crippen LogP contribution in [0.2, 0.25) is 0 Å². The second kappa shape index (κ2) is 11.7. The largest absolute Gasteiger partial charge is 0.346 e. The van der Waals surface area contributed by atoms with Crippen LogP contribution in [0.3, 0.4) is 0 Å². The molecule has 0 bridgehead atoms. The molecule has 20 heavy (non-hydrogen) atoms. The lowest BCUT2D eigenvalue weighted by Gasteiger charge is -2.14. The molecule has 0 heterocycles. The maximum Gasteiger partial charge on any atom is 0.222 e. The molecule has 4 nitrogen and oxygen atoms in total. The van der Waals surface area contributed by atoms with Gasteiger partial charge < -0.3 is 9.80 Å². The first-order chi connectivity index (χ1) is 9.52. The van der Waals surface area contributed by atoms with Crippen LogP contribution in [0.4, 0.5) is 0 Å². The van der Waals surface area contributed by atoms with E-state index in [1.54, 1.807) is 9.80 Å². The Morgan fingerprint density at radius 3 is 1.25 bits per heavy atom. The summed E-state index contributed by atoms with van der Waals surface area (Å²) in [4.78, 5) is 26.7. The molecule has 118 valence electrons. The minimum Gasteiger partial charge on any atom is -0.346 e. The van der Waals surface area contributed by atoms with Gasteiger partial charge in [0.15, 0.2) is 0 Å². The predicted octanol–water partition coefficient (Wildman–Crippen LogP) is 3.06. The number of unbranched alkanes of at least 4 members (excludes halogenated alkanes) is 5. The van der Waals surface area contributed by atoms with Gasteiger partial charge in [0.25, 0.3) is 0 Å². The Morgan fingerprint density at radius 1 is 0.650 bits per heavy atom. The fraction of sp³-hybridized carbons (Fsp3) is 0.875. The number of amides is 2. The Labute approximate surface area is 124 Å². The molecule has 0 aliphatic heterocycles. The van der Waals surface area contributed by atoms with Crippen LogP contribution in [-0.2, 0) is 9.59 Å². The van der Waals surface area contributed by atoms with Crippen molar-refractivity contribution in [1.29, 1.82) is 0 Å². The van der Waals surface area contributed by atoms with E-state index in [-0.39, 0.29) is 11.8 Å². The highest BCUT2D eigenvalue weighted by molar-refractivity contribution is 5.76. The van der Waals surface area contributed by atoms with Crippen molar-refractivity contribution in [3.05, 3.63) is 0 Å². The van der Waals surface area contributed by atoms with E-state index in [0.29, 0.717) is 12.8 Å². The molecular formula is C16H32N2O2. The molecule has 0 aliphatic rings. The molecule has 0 aromatic heterocycles. The van der Waals surface area contributed by atoms with Crippen LogP contribution in [-0.4, -0.2) is 48.8 Å². The normalized spacial score (nSPS) is 10.4. The summed E-state index contributed by atoms with van der Waals surface area (Å²) in [5.74, 6) is 0.501. The Hall–Kier alpha value is -1.06. The number of nitrogens with zero attached hydrogens (tertiary/aromatic N) is 2. The summed E-state index contributed by atoms with van der Waals surface area (Å²) in [6.45, 7) is 5.57. The minimum atomic E-state index is 0.251. The van der Waals surface area contributed by atoms with E-state index in [0.717, 1.165) is 38.8 Å². The van der Waals surface area contributed by atoms with Crippen molar-refractivity contribution in [1.82, 2.24) is 9.80 Å². The Balaban J connectivity index is 3.37. The van der Waals surface area contributed by atoms with Crippen LogP contribution in [0.25, 0.3) is 0 Å². The molecule has 0 fully saturated rings. The smallest absolute Gasteiger partial charge is 0.222 e. The molecule has 0 aliphatic carbocycles. The number of rotatable bonds is 11. The van der Waals surface area contributed by atoms with E-state index in [4.69, 9.17) is 0 Å². The van der Waals surface area contributed by atoms with E-state index in [2.05, 4.69) is 0 Å². The molecule has 0 aromatic carbocycles. The minimum absolute atomic E-state index is 0.251. The van der Waals surface area contributed by atoms with Gasteiger partial charge in [0.2, 0.25) is 11.8 Å². The van der Waals surface area contributed by atoms with Gasteiger partial charge in [-0.05, 0) is 26.7 Å². The molecule has 0 saturated carbocycles. The van der Waals surface area contributed by atoms with Crippen molar-refractivity contribution in [2.75, 3.05) is 27.2 Å². The van der Waals surface area contributed by atoms with Crippen molar-refractivity contribution in [3.63, 3.8) is 0 Å². The highest BCUT2D eigenvalue weighted by atomic mass is 16.2. The van der Waals surface area contributed by atoms with Crippen molar-refractivity contribution in [2.24, 2.45) is 0 Å². The summed E-state index contributed by atoms with van der Waals surface area (Å²) in [6, 6.07) is 0. The van der Waals surface area contributed by atoms with Crippen molar-refractivity contribution >= 4 is 11.8 Å². The van der Waals surface area contributed by atoms with Crippen molar-refractivity contribution < 1.29 is 9.59 Å². The number of hydrogen-bond donors (Lipinski definition) is 0. The first-order valence-electron chi connectivity index (χ1n) is 8.00. The van der Waals surface area contributed by atoms with Crippen LogP contribution in [0.15, 0.2) is 0 Å². The van der Waals surface area contributed by atoms with Gasteiger partial charge in [0, 0.05) is 40.0 Å². The van der Waals surface area contributed by atoms with Crippen molar-refractivity contribution in [2.45, 2.75) is 65.2 Å². The Bertz CT molecular complexity index is 252. The number of hydrogen-bond acceptors (Lipinski definition) is 2. The molecule has 0 rings (SSSR count). The topological polar surface area (TPSA) is 40.6 Å². The summed E-state index contributed by atoms with van der Waals surface area (Å²) in [7, 11) is 3.71.